The van der Waals surface area contributed by atoms with E-state index in [1.54, 1.807) is 0 Å². The van der Waals surface area contributed by atoms with Crippen LogP contribution >= 0.6 is 23.6 Å². The molecule has 8 heteroatoms. The van der Waals surface area contributed by atoms with E-state index in [1.807, 2.05) is 19.2 Å². The van der Waals surface area contributed by atoms with E-state index < -0.39 is 15.3 Å². The van der Waals surface area contributed by atoms with Gasteiger partial charge in [-0.15, -0.1) is 11.3 Å². The fourth-order valence-corrected chi connectivity index (χ4v) is 3.37. The van der Waals surface area contributed by atoms with Crippen LogP contribution in [0.15, 0.2) is 5.38 Å². The summed E-state index contributed by atoms with van der Waals surface area (Å²) >= 11 is 5.92. The highest BCUT2D eigenvalue weighted by Gasteiger charge is 2.24. The zero-order valence-electron chi connectivity index (χ0n) is 9.80. The van der Waals surface area contributed by atoms with Crippen molar-refractivity contribution in [2.45, 2.75) is 31.9 Å². The second kappa shape index (κ2) is 5.28. The van der Waals surface area contributed by atoms with Crippen LogP contribution in [-0.2, 0) is 10.0 Å². The molecule has 5 nitrogen and oxygen atoms in total. The maximum Gasteiger partial charge on any atom is 0.243 e. The Morgan fingerprint density at radius 1 is 1.53 bits per heavy atom. The summed E-state index contributed by atoms with van der Waals surface area (Å²) in [6.45, 7) is 5.43. The van der Waals surface area contributed by atoms with Crippen LogP contribution in [0.25, 0.3) is 0 Å². The number of hydrogen-bond donors (Lipinski definition) is 2. The van der Waals surface area contributed by atoms with Crippen molar-refractivity contribution >= 4 is 43.7 Å². The predicted octanol–water partition coefficient (Wildman–Crippen LogP) is 1.68. The second-order valence-electron chi connectivity index (χ2n) is 3.92. The molecule has 17 heavy (non-hydrogen) atoms. The molecular weight excluding hydrogens is 278 g/mol. The van der Waals surface area contributed by atoms with E-state index in [2.05, 4.69) is 21.9 Å². The summed E-state index contributed by atoms with van der Waals surface area (Å²) in [5, 5.41) is 1.26. The van der Waals surface area contributed by atoms with Crippen molar-refractivity contribution in [3.63, 3.8) is 0 Å². The molecule has 0 saturated heterocycles. The normalized spacial score (nSPS) is 13.6. The van der Waals surface area contributed by atoms with Crippen LogP contribution in [0.2, 0.25) is 0 Å². The van der Waals surface area contributed by atoms with E-state index >= 15 is 0 Å². The first-order valence-electron chi connectivity index (χ1n) is 5.00. The van der Waals surface area contributed by atoms with Crippen LogP contribution in [0.3, 0.4) is 0 Å². The van der Waals surface area contributed by atoms with Crippen LogP contribution in [-0.4, -0.2) is 23.6 Å². The molecular formula is C9H15N3O2S3. The number of nitrogens with zero attached hydrogens (tertiary/aromatic N) is 1. The highest BCUT2D eigenvalue weighted by Crippen LogP contribution is 2.22. The Labute approximate surface area is 110 Å². The highest BCUT2D eigenvalue weighted by atomic mass is 32.2. The number of sulfonamides is 1. The summed E-state index contributed by atoms with van der Waals surface area (Å²) in [7, 11) is -3.59. The molecule has 0 aromatic carbocycles. The minimum absolute atomic E-state index is 0.0573. The van der Waals surface area contributed by atoms with Gasteiger partial charge in [-0.25, -0.2) is 13.4 Å². The lowest BCUT2D eigenvalue weighted by atomic mass is 10.2. The molecule has 0 bridgehead atoms. The van der Waals surface area contributed by atoms with E-state index in [-0.39, 0.29) is 10.9 Å². The van der Waals surface area contributed by atoms with Crippen molar-refractivity contribution in [3.05, 3.63) is 11.1 Å². The van der Waals surface area contributed by atoms with Gasteiger partial charge in [-0.3, -0.25) is 4.72 Å². The smallest absolute Gasteiger partial charge is 0.243 e. The average Bonchev–Trinajstić information content (AvgIpc) is 2.64. The fraction of sp³-hybridized carbons (Fsp3) is 0.556. The van der Waals surface area contributed by atoms with Crippen molar-refractivity contribution < 1.29 is 8.42 Å². The fourth-order valence-electron chi connectivity index (χ4n) is 0.961. The molecule has 1 heterocycles. The zero-order valence-corrected chi connectivity index (χ0v) is 12.2. The molecule has 1 atom stereocenters. The molecule has 0 saturated carbocycles. The Hall–Kier alpha value is -0.730. The summed E-state index contributed by atoms with van der Waals surface area (Å²) in [5.41, 5.74) is 6.18. The second-order valence-corrected chi connectivity index (χ2v) is 7.25. The maximum atomic E-state index is 11.8. The number of rotatable bonds is 5. The van der Waals surface area contributed by atoms with Crippen molar-refractivity contribution in [1.29, 1.82) is 0 Å². The summed E-state index contributed by atoms with van der Waals surface area (Å²) in [4.78, 5) is 4.12. The van der Waals surface area contributed by atoms with Gasteiger partial charge in [-0.2, -0.15) is 0 Å². The Morgan fingerprint density at radius 2 is 2.12 bits per heavy atom. The molecule has 1 unspecified atom stereocenters. The summed E-state index contributed by atoms with van der Waals surface area (Å²) < 4.78 is 26.0. The third-order valence-electron chi connectivity index (χ3n) is 2.21. The minimum atomic E-state index is -3.59. The van der Waals surface area contributed by atoms with Gasteiger partial charge in [0, 0.05) is 5.38 Å². The maximum absolute atomic E-state index is 11.8. The number of hydrogen-bond acceptors (Lipinski definition) is 5. The monoisotopic (exact) mass is 293 g/mol. The number of nitrogens with one attached hydrogen (secondary N) is 1. The lowest BCUT2D eigenvalue weighted by Gasteiger charge is -2.11. The molecule has 0 fully saturated rings. The van der Waals surface area contributed by atoms with Gasteiger partial charge in [-0.05, 0) is 12.8 Å². The van der Waals surface area contributed by atoms with Crippen molar-refractivity contribution in [1.82, 2.24) is 4.98 Å². The summed E-state index contributed by atoms with van der Waals surface area (Å²) in [6.07, 6.45) is 0. The number of nitrogens with two attached hydrogens (primary N) is 1. The molecule has 0 radical (unpaired) electrons. The lowest BCUT2D eigenvalue weighted by molar-refractivity contribution is 0.598. The highest BCUT2D eigenvalue weighted by molar-refractivity contribution is 7.95. The Morgan fingerprint density at radius 3 is 2.53 bits per heavy atom. The van der Waals surface area contributed by atoms with Crippen molar-refractivity contribution in [2.75, 3.05) is 4.72 Å². The Balaban J connectivity index is 2.87. The first kappa shape index (κ1) is 14.3. The number of thiazole rings is 1. The lowest BCUT2D eigenvalue weighted by Crippen LogP contribution is -2.35. The van der Waals surface area contributed by atoms with Gasteiger partial charge in [-0.1, -0.05) is 26.1 Å². The standard InChI is InChI=1S/C9H15N3O2S3/c1-5(2)7-4-16-9(11-7)12-17(13,14)6(3)8(10)15/h4-6H,1-3H3,(H2,10,15)(H,11,12). The topological polar surface area (TPSA) is 85.1 Å². The number of anilines is 1. The van der Waals surface area contributed by atoms with Crippen LogP contribution in [0.1, 0.15) is 32.4 Å². The van der Waals surface area contributed by atoms with Gasteiger partial charge >= 0.3 is 0 Å². The third kappa shape index (κ3) is 3.62. The van der Waals surface area contributed by atoms with Crippen molar-refractivity contribution in [2.24, 2.45) is 5.73 Å². The third-order valence-corrected chi connectivity index (χ3v) is 5.28. The summed E-state index contributed by atoms with van der Waals surface area (Å²) in [6, 6.07) is 0. The van der Waals surface area contributed by atoms with E-state index in [0.29, 0.717) is 5.13 Å². The molecule has 1 aromatic heterocycles. The van der Waals surface area contributed by atoms with Crippen LogP contribution in [0.5, 0.6) is 0 Å². The molecule has 1 aromatic rings. The molecule has 1 rings (SSSR count). The largest absolute Gasteiger partial charge is 0.392 e. The molecule has 0 spiro atoms. The quantitative estimate of drug-likeness (QED) is 0.807. The minimum Gasteiger partial charge on any atom is -0.392 e. The van der Waals surface area contributed by atoms with Crippen LogP contribution in [0.4, 0.5) is 5.13 Å². The van der Waals surface area contributed by atoms with Gasteiger partial charge in [0.1, 0.15) is 5.25 Å². The van der Waals surface area contributed by atoms with Gasteiger partial charge in [0.05, 0.1) is 10.7 Å². The molecule has 96 valence electrons. The Bertz CT molecular complexity index is 507. The van der Waals surface area contributed by atoms with Gasteiger partial charge < -0.3 is 5.73 Å². The van der Waals surface area contributed by atoms with Gasteiger partial charge in [0.2, 0.25) is 10.0 Å². The first-order valence-corrected chi connectivity index (χ1v) is 7.84. The molecule has 0 aliphatic rings. The molecule has 0 amide bonds. The molecule has 3 N–H and O–H groups in total. The van der Waals surface area contributed by atoms with Gasteiger partial charge in [0.15, 0.2) is 5.13 Å². The average molecular weight is 293 g/mol. The number of aromatic nitrogens is 1. The van der Waals surface area contributed by atoms with Crippen molar-refractivity contribution in [3.8, 4) is 0 Å². The van der Waals surface area contributed by atoms with E-state index in [1.165, 1.54) is 18.3 Å². The van der Waals surface area contributed by atoms with Crippen LogP contribution in [0, 0.1) is 0 Å². The van der Waals surface area contributed by atoms with Crippen LogP contribution < -0.4 is 10.5 Å². The zero-order chi connectivity index (χ0) is 13.2. The van der Waals surface area contributed by atoms with E-state index in [0.717, 1.165) is 5.69 Å². The van der Waals surface area contributed by atoms with E-state index in [9.17, 15) is 8.42 Å². The summed E-state index contributed by atoms with van der Waals surface area (Å²) in [5.74, 6) is 0.262. The SMILES string of the molecule is CC(C)c1csc(NS(=O)(=O)C(C)C(N)=S)n1. The van der Waals surface area contributed by atoms with E-state index in [4.69, 9.17) is 5.73 Å². The molecule has 0 aliphatic heterocycles. The number of thiocarbonyl (C=S) groups is 1. The van der Waals surface area contributed by atoms with Gasteiger partial charge in [0.25, 0.3) is 0 Å². The predicted molar refractivity (Wildman–Crippen MR) is 75.0 cm³/mol. The Kier molecular flexibility index (Phi) is 4.45. The molecule has 0 aliphatic carbocycles. The first-order chi connectivity index (χ1) is 7.74.